The van der Waals surface area contributed by atoms with Crippen LogP contribution in [0.1, 0.15) is 74.1 Å². The van der Waals surface area contributed by atoms with Crippen LogP contribution in [0.25, 0.3) is 0 Å². The lowest BCUT2D eigenvalue weighted by molar-refractivity contribution is -0.165. The Kier molecular flexibility index (Phi) is 5.88. The minimum Gasteiger partial charge on any atom is -0.460 e. The van der Waals surface area contributed by atoms with Crippen LogP contribution in [-0.2, 0) is 9.53 Å². The number of rotatable bonds is 3. The van der Waals surface area contributed by atoms with Crippen molar-refractivity contribution in [1.82, 2.24) is 0 Å². The van der Waals surface area contributed by atoms with E-state index in [1.54, 1.807) is 6.92 Å². The fourth-order valence-electron chi connectivity index (χ4n) is 3.27. The first kappa shape index (κ1) is 18.5. The molecule has 0 aromatic heterocycles. The molecule has 0 aromatic carbocycles. The predicted molar refractivity (Wildman–Crippen MR) is 85.9 cm³/mol. The highest BCUT2D eigenvalue weighted by molar-refractivity contribution is 5.73. The van der Waals surface area contributed by atoms with Crippen LogP contribution in [0.2, 0.25) is 0 Å². The van der Waals surface area contributed by atoms with Gasteiger partial charge in [-0.3, -0.25) is 4.79 Å². The molecule has 0 aliphatic heterocycles. The molecule has 0 radical (unpaired) electrons. The van der Waals surface area contributed by atoms with E-state index in [9.17, 15) is 9.90 Å². The van der Waals surface area contributed by atoms with Crippen LogP contribution < -0.4 is 0 Å². The zero-order valence-corrected chi connectivity index (χ0v) is 14.9. The first-order chi connectivity index (χ1) is 9.42. The van der Waals surface area contributed by atoms with Crippen molar-refractivity contribution in [2.75, 3.05) is 0 Å². The zero-order chi connectivity index (χ0) is 16.4. The first-order valence-electron chi connectivity index (χ1n) is 8.32. The summed E-state index contributed by atoms with van der Waals surface area (Å²) in [6.07, 6.45) is 3.73. The van der Waals surface area contributed by atoms with Crippen LogP contribution >= 0.6 is 0 Å². The highest BCUT2D eigenvalue weighted by atomic mass is 16.6. The van der Waals surface area contributed by atoms with E-state index in [2.05, 4.69) is 20.8 Å². The van der Waals surface area contributed by atoms with E-state index in [1.807, 2.05) is 20.8 Å². The van der Waals surface area contributed by atoms with Crippen molar-refractivity contribution in [2.24, 2.45) is 23.2 Å². The van der Waals surface area contributed by atoms with E-state index in [-0.39, 0.29) is 11.9 Å². The van der Waals surface area contributed by atoms with Crippen molar-refractivity contribution in [3.8, 4) is 0 Å². The normalized spacial score (nSPS) is 27.0. The van der Waals surface area contributed by atoms with Gasteiger partial charge in [0.25, 0.3) is 0 Å². The van der Waals surface area contributed by atoms with E-state index < -0.39 is 17.6 Å². The van der Waals surface area contributed by atoms with Crippen LogP contribution in [0.4, 0.5) is 0 Å². The summed E-state index contributed by atoms with van der Waals surface area (Å²) in [7, 11) is 0. The monoisotopic (exact) mass is 298 g/mol. The zero-order valence-electron chi connectivity index (χ0n) is 14.9. The quantitative estimate of drug-likeness (QED) is 0.795. The van der Waals surface area contributed by atoms with Gasteiger partial charge in [-0.1, -0.05) is 20.8 Å². The highest BCUT2D eigenvalue weighted by Crippen LogP contribution is 2.41. The number of carbonyl (C=O) groups excluding carboxylic acids is 1. The Bertz CT molecular complexity index is 340. The van der Waals surface area contributed by atoms with Crippen molar-refractivity contribution < 1.29 is 14.6 Å². The van der Waals surface area contributed by atoms with Gasteiger partial charge in [0.05, 0.1) is 12.0 Å². The molecule has 124 valence electrons. The maximum absolute atomic E-state index is 12.1. The summed E-state index contributed by atoms with van der Waals surface area (Å²) in [6, 6.07) is 0. The lowest BCUT2D eigenvalue weighted by atomic mass is 9.68. The highest BCUT2D eigenvalue weighted by Gasteiger charge is 2.36. The van der Waals surface area contributed by atoms with Crippen molar-refractivity contribution in [2.45, 2.75) is 85.9 Å². The maximum Gasteiger partial charge on any atom is 0.311 e. The molecule has 0 heterocycles. The number of esters is 1. The van der Waals surface area contributed by atoms with Crippen molar-refractivity contribution in [3.63, 3.8) is 0 Å². The number of hydrogen-bond acceptors (Lipinski definition) is 3. The maximum atomic E-state index is 12.1. The molecular formula is C18H34O3. The molecule has 1 aliphatic carbocycles. The van der Waals surface area contributed by atoms with Gasteiger partial charge >= 0.3 is 5.97 Å². The second-order valence-electron chi connectivity index (χ2n) is 8.79. The molecule has 1 saturated carbocycles. The van der Waals surface area contributed by atoms with Crippen molar-refractivity contribution in [3.05, 3.63) is 0 Å². The fraction of sp³-hybridized carbons (Fsp3) is 0.944. The number of hydrogen-bond donors (Lipinski definition) is 1. The Morgan fingerprint density at radius 3 is 1.90 bits per heavy atom. The Morgan fingerprint density at radius 1 is 1.05 bits per heavy atom. The van der Waals surface area contributed by atoms with Gasteiger partial charge in [0, 0.05) is 0 Å². The minimum atomic E-state index is -0.583. The average molecular weight is 298 g/mol. The van der Waals surface area contributed by atoms with Gasteiger partial charge in [-0.15, -0.1) is 0 Å². The van der Waals surface area contributed by atoms with E-state index in [1.165, 1.54) is 0 Å². The summed E-state index contributed by atoms with van der Waals surface area (Å²) < 4.78 is 5.39. The summed E-state index contributed by atoms with van der Waals surface area (Å²) in [5, 5.41) is 10.5. The van der Waals surface area contributed by atoms with Crippen LogP contribution in [0, 0.1) is 23.2 Å². The molecule has 21 heavy (non-hydrogen) atoms. The molecule has 0 aromatic rings. The average Bonchev–Trinajstić information content (AvgIpc) is 2.34. The lowest BCUT2D eigenvalue weighted by Gasteiger charge is -2.39. The number of aliphatic hydroxyl groups is 1. The molecule has 0 spiro atoms. The summed E-state index contributed by atoms with van der Waals surface area (Å²) in [4.78, 5) is 12.1. The van der Waals surface area contributed by atoms with E-state index in [0.717, 1.165) is 31.6 Å². The Balaban J connectivity index is 2.53. The van der Waals surface area contributed by atoms with Crippen molar-refractivity contribution >= 4 is 5.97 Å². The number of ether oxygens (including phenoxy) is 1. The van der Waals surface area contributed by atoms with Crippen molar-refractivity contribution in [1.29, 1.82) is 0 Å². The molecule has 3 heteroatoms. The molecule has 0 bridgehead atoms. The third kappa shape index (κ3) is 5.61. The molecule has 0 amide bonds. The van der Waals surface area contributed by atoms with Gasteiger partial charge in [0.2, 0.25) is 0 Å². The topological polar surface area (TPSA) is 46.5 Å². The van der Waals surface area contributed by atoms with E-state index in [4.69, 9.17) is 4.74 Å². The van der Waals surface area contributed by atoms with Gasteiger partial charge in [0.1, 0.15) is 5.60 Å². The van der Waals surface area contributed by atoms with Gasteiger partial charge in [-0.2, -0.15) is 0 Å². The molecule has 1 N–H and O–H groups in total. The largest absolute Gasteiger partial charge is 0.460 e. The standard InChI is InChI=1S/C18H34O3/c1-12(16(20)21-18(5,6)7)15(19)13-8-10-14(11-9-13)17(2,3)4/h12-15,19H,8-11H2,1-7H3. The van der Waals surface area contributed by atoms with Gasteiger partial charge in [-0.25, -0.2) is 0 Å². The van der Waals surface area contributed by atoms with E-state index >= 15 is 0 Å². The van der Waals surface area contributed by atoms with Crippen LogP contribution in [0.3, 0.4) is 0 Å². The van der Waals surface area contributed by atoms with Gasteiger partial charge in [0.15, 0.2) is 0 Å². The molecule has 1 fully saturated rings. The van der Waals surface area contributed by atoms with Crippen LogP contribution in [0.15, 0.2) is 0 Å². The Morgan fingerprint density at radius 2 is 1.52 bits per heavy atom. The Labute approximate surface area is 130 Å². The molecule has 2 unspecified atom stereocenters. The number of aliphatic hydroxyl groups excluding tert-OH is 1. The third-order valence-corrected chi connectivity index (χ3v) is 4.77. The van der Waals surface area contributed by atoms with Crippen LogP contribution in [-0.4, -0.2) is 22.8 Å². The first-order valence-corrected chi connectivity index (χ1v) is 8.32. The molecule has 3 nitrogen and oxygen atoms in total. The molecule has 1 aliphatic rings. The summed E-state index contributed by atoms with van der Waals surface area (Å²) >= 11 is 0. The smallest absolute Gasteiger partial charge is 0.311 e. The predicted octanol–water partition coefficient (Wildman–Crippen LogP) is 4.18. The van der Waals surface area contributed by atoms with Gasteiger partial charge in [-0.05, 0) is 70.6 Å². The summed E-state index contributed by atoms with van der Waals surface area (Å²) in [5.41, 5.74) is -0.151. The second kappa shape index (κ2) is 6.68. The molecule has 1 rings (SSSR count). The minimum absolute atomic E-state index is 0.228. The van der Waals surface area contributed by atoms with E-state index in [0.29, 0.717) is 5.41 Å². The molecule has 2 atom stereocenters. The Hall–Kier alpha value is -0.570. The SMILES string of the molecule is CC(C(=O)OC(C)(C)C)C(O)C1CCC(C(C)(C)C)CC1. The van der Waals surface area contributed by atoms with Crippen LogP contribution in [0.5, 0.6) is 0 Å². The second-order valence-corrected chi connectivity index (χ2v) is 8.79. The summed E-state index contributed by atoms with van der Waals surface area (Å²) in [6.45, 7) is 14.2. The summed E-state index contributed by atoms with van der Waals surface area (Å²) in [5.74, 6) is 0.220. The molecular weight excluding hydrogens is 264 g/mol. The number of carbonyl (C=O) groups is 1. The third-order valence-electron chi connectivity index (χ3n) is 4.77. The van der Waals surface area contributed by atoms with Gasteiger partial charge < -0.3 is 9.84 Å². The molecule has 0 saturated heterocycles. The lowest BCUT2D eigenvalue weighted by Crippen LogP contribution is -2.39. The fourth-order valence-corrected chi connectivity index (χ4v) is 3.27.